The van der Waals surface area contributed by atoms with E-state index in [4.69, 9.17) is 4.74 Å². The average Bonchev–Trinajstić information content (AvgIpc) is 3.37. The van der Waals surface area contributed by atoms with Crippen molar-refractivity contribution in [2.75, 3.05) is 18.5 Å². The van der Waals surface area contributed by atoms with Gasteiger partial charge in [-0.25, -0.2) is 0 Å². The lowest BCUT2D eigenvalue weighted by molar-refractivity contribution is -0.384. The molecule has 2 bridgehead atoms. The van der Waals surface area contributed by atoms with Crippen LogP contribution in [-0.2, 0) is 23.9 Å². The second-order valence-electron chi connectivity index (χ2n) is 7.66. The highest BCUT2D eigenvalue weighted by molar-refractivity contribution is 6.07. The Kier molecular flexibility index (Phi) is 4.77. The number of imide groups is 1. The summed E-state index contributed by atoms with van der Waals surface area (Å²) in [5.74, 6) is -2.35. The number of likely N-dealkylation sites (tertiary alicyclic amines) is 1. The number of non-ortho nitro benzene ring substituents is 1. The van der Waals surface area contributed by atoms with Crippen molar-refractivity contribution in [3.05, 3.63) is 34.4 Å². The molecule has 10 nitrogen and oxygen atoms in total. The number of hydrogen-bond donors (Lipinski definition) is 1. The SMILES string of the molecule is O=C(COC(=O)CN1C(=O)[C@H]2[C@@H]3CC[C@@H](C3)[C@@H]2C1=O)Nc1cccc([N+](=O)[O-])c1. The Hall–Kier alpha value is -3.30. The van der Waals surface area contributed by atoms with Crippen LogP contribution in [0.15, 0.2) is 24.3 Å². The minimum Gasteiger partial charge on any atom is -0.454 e. The summed E-state index contributed by atoms with van der Waals surface area (Å²) in [7, 11) is 0. The molecular formula is C19H19N3O7. The van der Waals surface area contributed by atoms with Gasteiger partial charge in [0.2, 0.25) is 11.8 Å². The zero-order valence-corrected chi connectivity index (χ0v) is 15.4. The molecule has 3 fully saturated rings. The molecule has 3 aliphatic rings. The van der Waals surface area contributed by atoms with E-state index >= 15 is 0 Å². The molecule has 0 spiro atoms. The fourth-order valence-corrected chi connectivity index (χ4v) is 4.84. The highest BCUT2D eigenvalue weighted by Crippen LogP contribution is 2.56. The van der Waals surface area contributed by atoms with E-state index in [1.54, 1.807) is 0 Å². The molecule has 10 heteroatoms. The number of ether oxygens (including phenoxy) is 1. The maximum absolute atomic E-state index is 12.6. The molecular weight excluding hydrogens is 382 g/mol. The van der Waals surface area contributed by atoms with Gasteiger partial charge in [0.1, 0.15) is 6.54 Å². The first-order valence-corrected chi connectivity index (χ1v) is 9.40. The van der Waals surface area contributed by atoms with Gasteiger partial charge in [-0.2, -0.15) is 0 Å². The number of nitrogens with zero attached hydrogens (tertiary/aromatic N) is 2. The molecule has 0 aromatic heterocycles. The van der Waals surface area contributed by atoms with Gasteiger partial charge in [-0.1, -0.05) is 6.07 Å². The molecule has 3 amide bonds. The Morgan fingerprint density at radius 2 is 1.83 bits per heavy atom. The summed E-state index contributed by atoms with van der Waals surface area (Å²) in [6.45, 7) is -1.13. The molecule has 4 rings (SSSR count). The topological polar surface area (TPSA) is 136 Å². The summed E-state index contributed by atoms with van der Waals surface area (Å²) in [5, 5.41) is 13.1. The van der Waals surface area contributed by atoms with Crippen molar-refractivity contribution in [1.29, 1.82) is 0 Å². The van der Waals surface area contributed by atoms with E-state index in [-0.39, 0.29) is 46.9 Å². The second kappa shape index (κ2) is 7.26. The van der Waals surface area contributed by atoms with Gasteiger partial charge in [0.25, 0.3) is 11.6 Å². The van der Waals surface area contributed by atoms with Crippen molar-refractivity contribution in [1.82, 2.24) is 4.90 Å². The largest absolute Gasteiger partial charge is 0.454 e. The summed E-state index contributed by atoms with van der Waals surface area (Å²) in [6.07, 6.45) is 2.80. The van der Waals surface area contributed by atoms with Crippen molar-refractivity contribution >= 4 is 35.1 Å². The number of anilines is 1. The number of rotatable bonds is 6. The van der Waals surface area contributed by atoms with Crippen molar-refractivity contribution in [3.8, 4) is 0 Å². The third-order valence-electron chi connectivity index (χ3n) is 6.01. The van der Waals surface area contributed by atoms with Gasteiger partial charge in [-0.15, -0.1) is 0 Å². The molecule has 2 saturated carbocycles. The molecule has 1 saturated heterocycles. The summed E-state index contributed by atoms with van der Waals surface area (Å²) < 4.78 is 4.87. The van der Waals surface area contributed by atoms with E-state index in [1.165, 1.54) is 24.3 Å². The highest BCUT2D eigenvalue weighted by Gasteiger charge is 2.61. The minimum atomic E-state index is -0.854. The van der Waals surface area contributed by atoms with Gasteiger partial charge in [-0.3, -0.25) is 34.2 Å². The Balaban J connectivity index is 1.29. The third-order valence-corrected chi connectivity index (χ3v) is 6.01. The van der Waals surface area contributed by atoms with Crippen LogP contribution in [0.5, 0.6) is 0 Å². The van der Waals surface area contributed by atoms with Gasteiger partial charge in [0, 0.05) is 17.8 Å². The van der Waals surface area contributed by atoms with E-state index < -0.39 is 30.0 Å². The van der Waals surface area contributed by atoms with Crippen LogP contribution in [0.4, 0.5) is 11.4 Å². The van der Waals surface area contributed by atoms with Gasteiger partial charge >= 0.3 is 5.97 Å². The van der Waals surface area contributed by atoms with Crippen LogP contribution < -0.4 is 5.32 Å². The zero-order chi connectivity index (χ0) is 20.7. The molecule has 1 aliphatic heterocycles. The van der Waals surface area contributed by atoms with E-state index in [0.29, 0.717) is 0 Å². The maximum atomic E-state index is 12.6. The molecule has 0 unspecified atom stereocenters. The van der Waals surface area contributed by atoms with Crippen molar-refractivity contribution < 1.29 is 28.8 Å². The number of nitro groups is 1. The number of nitro benzene ring substituents is 1. The second-order valence-corrected chi connectivity index (χ2v) is 7.66. The monoisotopic (exact) mass is 401 g/mol. The summed E-state index contributed by atoms with van der Waals surface area (Å²) in [6, 6.07) is 5.32. The Morgan fingerprint density at radius 3 is 2.45 bits per heavy atom. The lowest BCUT2D eigenvalue weighted by Gasteiger charge is -2.19. The van der Waals surface area contributed by atoms with Crippen LogP contribution in [0, 0.1) is 33.8 Å². The lowest BCUT2D eigenvalue weighted by atomic mass is 9.81. The normalized spacial score (nSPS) is 27.1. The van der Waals surface area contributed by atoms with Crippen LogP contribution in [-0.4, -0.2) is 46.7 Å². The maximum Gasteiger partial charge on any atom is 0.326 e. The molecule has 152 valence electrons. The van der Waals surface area contributed by atoms with E-state index in [0.717, 1.165) is 24.2 Å². The average molecular weight is 401 g/mol. The lowest BCUT2D eigenvalue weighted by Crippen LogP contribution is -2.38. The number of esters is 1. The number of fused-ring (bicyclic) bond motifs is 5. The first-order valence-electron chi connectivity index (χ1n) is 9.40. The predicted molar refractivity (Wildman–Crippen MR) is 97.2 cm³/mol. The number of benzene rings is 1. The van der Waals surface area contributed by atoms with Crippen molar-refractivity contribution in [3.63, 3.8) is 0 Å². The summed E-state index contributed by atoms with van der Waals surface area (Å²) in [4.78, 5) is 60.2. The quantitative estimate of drug-likeness (QED) is 0.326. The van der Waals surface area contributed by atoms with Crippen LogP contribution in [0.25, 0.3) is 0 Å². The van der Waals surface area contributed by atoms with E-state index in [1.807, 2.05) is 0 Å². The molecule has 0 radical (unpaired) electrons. The smallest absolute Gasteiger partial charge is 0.326 e. The number of carbonyl (C=O) groups excluding carboxylic acids is 4. The Labute approximate surface area is 165 Å². The number of amides is 3. The first kappa shape index (κ1) is 19.0. The Bertz CT molecular complexity index is 887. The zero-order valence-electron chi connectivity index (χ0n) is 15.4. The number of carbonyl (C=O) groups is 4. The molecule has 1 N–H and O–H groups in total. The minimum absolute atomic E-state index is 0.188. The number of hydrogen-bond acceptors (Lipinski definition) is 7. The van der Waals surface area contributed by atoms with Crippen molar-refractivity contribution in [2.45, 2.75) is 19.3 Å². The Morgan fingerprint density at radius 1 is 1.17 bits per heavy atom. The van der Waals surface area contributed by atoms with Gasteiger partial charge in [-0.05, 0) is 37.2 Å². The molecule has 1 heterocycles. The van der Waals surface area contributed by atoms with Crippen molar-refractivity contribution in [2.24, 2.45) is 23.7 Å². The molecule has 1 aromatic rings. The van der Waals surface area contributed by atoms with Gasteiger partial charge in [0.15, 0.2) is 6.61 Å². The fraction of sp³-hybridized carbons (Fsp3) is 0.474. The molecule has 4 atom stereocenters. The summed E-state index contributed by atoms with van der Waals surface area (Å²) in [5.41, 5.74) is -0.00110. The summed E-state index contributed by atoms with van der Waals surface area (Å²) >= 11 is 0. The van der Waals surface area contributed by atoms with E-state index in [2.05, 4.69) is 5.32 Å². The highest BCUT2D eigenvalue weighted by atomic mass is 16.6. The van der Waals surface area contributed by atoms with Crippen LogP contribution in [0.1, 0.15) is 19.3 Å². The van der Waals surface area contributed by atoms with Gasteiger partial charge < -0.3 is 10.1 Å². The predicted octanol–water partition coefficient (Wildman–Crippen LogP) is 1.11. The van der Waals surface area contributed by atoms with Crippen LogP contribution >= 0.6 is 0 Å². The molecule has 1 aromatic carbocycles. The number of nitrogens with one attached hydrogen (secondary N) is 1. The first-order chi connectivity index (χ1) is 13.8. The molecule has 29 heavy (non-hydrogen) atoms. The van der Waals surface area contributed by atoms with Crippen LogP contribution in [0.2, 0.25) is 0 Å². The standard InChI is InChI=1S/C19H19N3O7/c23-14(20-12-2-1-3-13(7-12)22(27)28)9-29-15(24)8-21-18(25)16-10-4-5-11(6-10)17(16)19(21)26/h1-3,7,10-11,16-17H,4-6,8-9H2,(H,20,23)/t10-,11+,16-,17-/m0/s1. The molecule has 2 aliphatic carbocycles. The fourth-order valence-electron chi connectivity index (χ4n) is 4.84. The van der Waals surface area contributed by atoms with Gasteiger partial charge in [0.05, 0.1) is 16.8 Å². The van der Waals surface area contributed by atoms with Crippen LogP contribution in [0.3, 0.4) is 0 Å². The van der Waals surface area contributed by atoms with E-state index in [9.17, 15) is 29.3 Å². The third kappa shape index (κ3) is 3.45.